The molecule has 0 unspecified atom stereocenters. The Labute approximate surface area is 208 Å². The molecule has 1 fully saturated rings. The first-order valence-corrected chi connectivity index (χ1v) is 12.4. The van der Waals surface area contributed by atoms with Gasteiger partial charge in [0.05, 0.1) is 40.1 Å². The fourth-order valence-corrected chi connectivity index (χ4v) is 5.14. The minimum absolute atomic E-state index is 0.269. The van der Waals surface area contributed by atoms with E-state index >= 15 is 0 Å². The zero-order valence-electron chi connectivity index (χ0n) is 19.9. The van der Waals surface area contributed by atoms with Crippen molar-refractivity contribution in [3.63, 3.8) is 0 Å². The quantitative estimate of drug-likeness (QED) is 0.468. The number of anilines is 4. The van der Waals surface area contributed by atoms with E-state index in [0.29, 0.717) is 23.1 Å². The molecule has 0 saturated carbocycles. The van der Waals surface area contributed by atoms with Crippen molar-refractivity contribution >= 4 is 56.0 Å². The van der Waals surface area contributed by atoms with Crippen LogP contribution in [0.2, 0.25) is 0 Å². The van der Waals surface area contributed by atoms with Gasteiger partial charge in [0.25, 0.3) is 0 Å². The van der Waals surface area contributed by atoms with Crippen LogP contribution >= 0.6 is 11.3 Å². The number of likely N-dealkylation sites (N-methyl/N-ethyl adjacent to an activating group) is 1. The van der Waals surface area contributed by atoms with E-state index in [1.54, 1.807) is 18.4 Å². The Bertz CT molecular complexity index is 1340. The van der Waals surface area contributed by atoms with Gasteiger partial charge in [-0.3, -0.25) is 4.79 Å². The Hall–Kier alpha value is -3.69. The molecule has 3 heterocycles. The number of amides is 1. The molecule has 2 aromatic heterocycles. The third kappa shape index (κ3) is 4.78. The SMILES string of the molecule is C=CC(=O)Nc1cc(Nc2nc(C3=CCC=C3)c3sccc3n2)c(OC)cc1N1CCN(C)CC1. The topological polar surface area (TPSA) is 82.6 Å². The van der Waals surface area contributed by atoms with E-state index in [1.807, 2.05) is 23.6 Å². The third-order valence-corrected chi connectivity index (χ3v) is 7.11. The van der Waals surface area contributed by atoms with Gasteiger partial charge in [-0.2, -0.15) is 0 Å². The fourth-order valence-electron chi connectivity index (χ4n) is 4.30. The average Bonchev–Trinajstić information content (AvgIpc) is 3.57. The Kier molecular flexibility index (Phi) is 6.52. The summed E-state index contributed by atoms with van der Waals surface area (Å²) >= 11 is 1.64. The lowest BCUT2D eigenvalue weighted by atomic mass is 10.1. The highest BCUT2D eigenvalue weighted by atomic mass is 32.1. The number of allylic oxidation sites excluding steroid dienone is 4. The van der Waals surface area contributed by atoms with Crippen LogP contribution in [0.5, 0.6) is 5.75 Å². The summed E-state index contributed by atoms with van der Waals surface area (Å²) in [5, 5.41) is 8.33. The molecule has 1 saturated heterocycles. The van der Waals surface area contributed by atoms with Gasteiger partial charge in [0.2, 0.25) is 11.9 Å². The number of aromatic nitrogens is 2. The lowest BCUT2D eigenvalue weighted by Crippen LogP contribution is -2.44. The van der Waals surface area contributed by atoms with Gasteiger partial charge in [-0.1, -0.05) is 24.8 Å². The van der Waals surface area contributed by atoms with E-state index in [2.05, 4.69) is 52.3 Å². The number of hydrogen-bond acceptors (Lipinski definition) is 8. The number of piperazine rings is 1. The number of ether oxygens (including phenoxy) is 1. The summed E-state index contributed by atoms with van der Waals surface area (Å²) in [5.74, 6) is 0.847. The summed E-state index contributed by atoms with van der Waals surface area (Å²) in [6.45, 7) is 7.20. The smallest absolute Gasteiger partial charge is 0.247 e. The van der Waals surface area contributed by atoms with E-state index in [4.69, 9.17) is 14.7 Å². The number of hydrogen-bond donors (Lipinski definition) is 2. The Morgan fingerprint density at radius 1 is 1.20 bits per heavy atom. The highest BCUT2D eigenvalue weighted by Crippen LogP contribution is 2.39. The minimum Gasteiger partial charge on any atom is -0.494 e. The monoisotopic (exact) mass is 488 g/mol. The Morgan fingerprint density at radius 2 is 2.03 bits per heavy atom. The molecule has 1 amide bonds. The predicted octanol–water partition coefficient (Wildman–Crippen LogP) is 4.66. The molecule has 5 rings (SSSR count). The number of fused-ring (bicyclic) bond motifs is 1. The van der Waals surface area contributed by atoms with Crippen molar-refractivity contribution in [2.45, 2.75) is 6.42 Å². The second kappa shape index (κ2) is 9.89. The van der Waals surface area contributed by atoms with Crippen LogP contribution in [0.3, 0.4) is 0 Å². The van der Waals surface area contributed by atoms with E-state index in [9.17, 15) is 4.79 Å². The van der Waals surface area contributed by atoms with Crippen LogP contribution in [0.25, 0.3) is 15.8 Å². The molecule has 2 N–H and O–H groups in total. The first-order valence-electron chi connectivity index (χ1n) is 11.5. The van der Waals surface area contributed by atoms with Crippen LogP contribution in [0.4, 0.5) is 23.0 Å². The van der Waals surface area contributed by atoms with Crippen molar-refractivity contribution in [1.82, 2.24) is 14.9 Å². The first-order chi connectivity index (χ1) is 17.1. The summed E-state index contributed by atoms with van der Waals surface area (Å²) in [6, 6.07) is 5.83. The Balaban J connectivity index is 1.55. The average molecular weight is 489 g/mol. The van der Waals surface area contributed by atoms with Gasteiger partial charge in [0.1, 0.15) is 5.75 Å². The van der Waals surface area contributed by atoms with Crippen LogP contribution in [0.15, 0.2) is 54.5 Å². The standard InChI is InChI=1S/C26H28N6O2S/c1-4-23(33)27-19-15-20(22(34-3)16-21(19)32-12-10-31(2)11-13-32)29-26-28-18-9-14-35-25(18)24(30-26)17-7-5-6-8-17/h4-5,7-9,14-16H,1,6,10-13H2,2-3H3,(H,27,33)(H,28,29,30). The summed E-state index contributed by atoms with van der Waals surface area (Å²) in [6.07, 6.45) is 8.56. The van der Waals surface area contributed by atoms with Crippen molar-refractivity contribution in [3.05, 3.63) is 60.2 Å². The van der Waals surface area contributed by atoms with Crippen LogP contribution in [-0.4, -0.2) is 61.1 Å². The highest BCUT2D eigenvalue weighted by Gasteiger charge is 2.21. The molecule has 1 aromatic carbocycles. The van der Waals surface area contributed by atoms with Gasteiger partial charge >= 0.3 is 0 Å². The molecular weight excluding hydrogens is 460 g/mol. The van der Waals surface area contributed by atoms with Crippen molar-refractivity contribution in [3.8, 4) is 5.75 Å². The molecule has 2 aliphatic rings. The highest BCUT2D eigenvalue weighted by molar-refractivity contribution is 7.17. The molecule has 1 aliphatic heterocycles. The number of benzene rings is 1. The molecular formula is C26H28N6O2S. The van der Waals surface area contributed by atoms with Crippen LogP contribution < -0.4 is 20.3 Å². The number of methoxy groups -OCH3 is 1. The first kappa shape index (κ1) is 23.1. The number of carbonyl (C=O) groups excluding carboxylic acids is 1. The van der Waals surface area contributed by atoms with Crippen molar-refractivity contribution in [2.75, 3.05) is 55.9 Å². The van der Waals surface area contributed by atoms with Gasteiger partial charge in [-0.15, -0.1) is 11.3 Å². The second-order valence-corrected chi connectivity index (χ2v) is 9.42. The molecule has 1 aliphatic carbocycles. The largest absolute Gasteiger partial charge is 0.494 e. The molecule has 0 bridgehead atoms. The van der Waals surface area contributed by atoms with Gasteiger partial charge in [0, 0.05) is 32.2 Å². The molecule has 180 valence electrons. The number of thiophene rings is 1. The number of rotatable bonds is 7. The van der Waals surface area contributed by atoms with Gasteiger partial charge in [-0.25, -0.2) is 9.97 Å². The van der Waals surface area contributed by atoms with Crippen molar-refractivity contribution in [1.29, 1.82) is 0 Å². The van der Waals surface area contributed by atoms with E-state index in [1.165, 1.54) is 6.08 Å². The maximum absolute atomic E-state index is 12.3. The fraction of sp³-hybridized carbons (Fsp3) is 0.269. The predicted molar refractivity (Wildman–Crippen MR) is 144 cm³/mol. The molecule has 0 spiro atoms. The number of carbonyl (C=O) groups is 1. The summed E-state index contributed by atoms with van der Waals surface area (Å²) in [4.78, 5) is 26.4. The van der Waals surface area contributed by atoms with E-state index in [-0.39, 0.29) is 5.91 Å². The lowest BCUT2D eigenvalue weighted by Gasteiger charge is -2.35. The zero-order chi connectivity index (χ0) is 24.4. The normalized spacial score (nSPS) is 15.8. The van der Waals surface area contributed by atoms with E-state index in [0.717, 1.165) is 59.8 Å². The Morgan fingerprint density at radius 3 is 2.74 bits per heavy atom. The zero-order valence-corrected chi connectivity index (χ0v) is 20.7. The summed E-state index contributed by atoms with van der Waals surface area (Å²) in [7, 11) is 3.75. The molecule has 9 heteroatoms. The maximum Gasteiger partial charge on any atom is 0.247 e. The van der Waals surface area contributed by atoms with Gasteiger partial charge in [0.15, 0.2) is 0 Å². The third-order valence-electron chi connectivity index (χ3n) is 6.20. The number of nitrogens with zero attached hydrogens (tertiary/aromatic N) is 4. The summed E-state index contributed by atoms with van der Waals surface area (Å²) < 4.78 is 6.81. The molecule has 35 heavy (non-hydrogen) atoms. The second-order valence-electron chi connectivity index (χ2n) is 8.51. The molecule has 0 radical (unpaired) electrons. The lowest BCUT2D eigenvalue weighted by molar-refractivity contribution is -0.111. The van der Waals surface area contributed by atoms with Crippen molar-refractivity contribution in [2.24, 2.45) is 0 Å². The van der Waals surface area contributed by atoms with Gasteiger partial charge in [-0.05, 0) is 42.6 Å². The van der Waals surface area contributed by atoms with E-state index < -0.39 is 0 Å². The maximum atomic E-state index is 12.3. The van der Waals surface area contributed by atoms with Crippen molar-refractivity contribution < 1.29 is 9.53 Å². The molecule has 0 atom stereocenters. The minimum atomic E-state index is -0.269. The van der Waals surface area contributed by atoms with Crippen LogP contribution in [-0.2, 0) is 4.79 Å². The molecule has 3 aromatic rings. The van der Waals surface area contributed by atoms with Crippen LogP contribution in [0.1, 0.15) is 12.1 Å². The molecule has 8 nitrogen and oxygen atoms in total. The number of nitrogens with one attached hydrogen (secondary N) is 2. The van der Waals surface area contributed by atoms with Gasteiger partial charge < -0.3 is 25.2 Å². The summed E-state index contributed by atoms with van der Waals surface area (Å²) in [5.41, 5.74) is 5.15. The van der Waals surface area contributed by atoms with Crippen LogP contribution in [0, 0.1) is 0 Å².